The Bertz CT molecular complexity index is 1570. The van der Waals surface area contributed by atoms with Crippen LogP contribution >= 0.6 is 0 Å². The van der Waals surface area contributed by atoms with Crippen LogP contribution in [0.15, 0.2) is 73.2 Å². The molecular weight excluding hydrogens is 452 g/mol. The molecule has 0 unspecified atom stereocenters. The lowest BCUT2D eigenvalue weighted by Gasteiger charge is -2.05. The third kappa shape index (κ3) is 5.37. The first-order valence-electron chi connectivity index (χ1n) is 9.34. The number of hydrogen-bond acceptors (Lipinski definition) is 9. The monoisotopic (exact) mass is 470 g/mol. The van der Waals surface area contributed by atoms with Crippen LogP contribution in [0.3, 0.4) is 0 Å². The number of carbonyl (C=O) groups is 1. The van der Waals surface area contributed by atoms with Gasteiger partial charge in [-0.3, -0.25) is 25.0 Å². The van der Waals surface area contributed by atoms with Gasteiger partial charge >= 0.3 is 5.97 Å². The van der Waals surface area contributed by atoms with Crippen molar-refractivity contribution in [1.82, 2.24) is 0 Å². The third-order valence-electron chi connectivity index (χ3n) is 4.55. The van der Waals surface area contributed by atoms with Crippen LogP contribution < -0.4 is 32.4 Å². The molecule has 170 valence electrons. The second-order valence-corrected chi connectivity index (χ2v) is 8.44. The van der Waals surface area contributed by atoms with Gasteiger partial charge in [0.2, 0.25) is 10.9 Å². The van der Waals surface area contributed by atoms with Gasteiger partial charge in [-0.05, 0) is 55.8 Å². The third-order valence-corrected chi connectivity index (χ3v) is 5.41. The summed E-state index contributed by atoms with van der Waals surface area (Å²) in [4.78, 5) is 36.4. The lowest BCUT2D eigenvalue weighted by molar-refractivity contribution is 0.0695. The van der Waals surface area contributed by atoms with Gasteiger partial charge in [-0.1, -0.05) is 17.7 Å². The van der Waals surface area contributed by atoms with E-state index < -0.39 is 43.2 Å². The molecule has 12 heteroatoms. The molecule has 0 aliphatic heterocycles. The highest BCUT2D eigenvalue weighted by molar-refractivity contribution is 7.85. The van der Waals surface area contributed by atoms with Crippen molar-refractivity contribution in [3.63, 3.8) is 0 Å². The van der Waals surface area contributed by atoms with Crippen LogP contribution in [0.2, 0.25) is 0 Å². The maximum Gasteiger partial charge on any atom is 0.339 e. The maximum absolute atomic E-state index is 12.8. The molecule has 0 aliphatic rings. The Balaban J connectivity index is 2.07. The Morgan fingerprint density at radius 2 is 1.58 bits per heavy atom. The quantitative estimate of drug-likeness (QED) is 0.298. The average molecular weight is 470 g/mol. The van der Waals surface area contributed by atoms with Crippen molar-refractivity contribution in [2.75, 3.05) is 10.9 Å². The number of benzene rings is 3. The summed E-state index contributed by atoms with van der Waals surface area (Å²) in [6.07, 6.45) is 0. The van der Waals surface area contributed by atoms with E-state index in [4.69, 9.17) is 4.55 Å². The van der Waals surface area contributed by atoms with Crippen LogP contribution in [-0.2, 0) is 10.1 Å². The molecular formula is C21H18N4O7S. The van der Waals surface area contributed by atoms with E-state index in [0.717, 1.165) is 29.3 Å². The van der Waals surface area contributed by atoms with E-state index in [1.165, 1.54) is 12.1 Å². The van der Waals surface area contributed by atoms with Gasteiger partial charge in [0.05, 0.1) is 16.3 Å². The van der Waals surface area contributed by atoms with Crippen LogP contribution in [0.25, 0.3) is 0 Å². The van der Waals surface area contributed by atoms with Crippen LogP contribution in [-0.4, -0.2) is 24.0 Å². The zero-order valence-corrected chi connectivity index (χ0v) is 18.2. The Kier molecular flexibility index (Phi) is 6.51. The molecule has 0 spiro atoms. The smallest absolute Gasteiger partial charge is 0.339 e. The Labute approximate surface area is 186 Å². The van der Waals surface area contributed by atoms with Crippen molar-refractivity contribution < 1.29 is 22.9 Å². The number of carboxylic acid groups (broad SMARTS) is 1. The van der Waals surface area contributed by atoms with E-state index in [1.807, 2.05) is 13.0 Å². The van der Waals surface area contributed by atoms with Crippen molar-refractivity contribution in [1.29, 1.82) is 0 Å². The van der Waals surface area contributed by atoms with E-state index >= 15 is 0 Å². The van der Waals surface area contributed by atoms with Crippen molar-refractivity contribution >= 4 is 27.5 Å². The van der Waals surface area contributed by atoms with Crippen LogP contribution in [0, 0.1) is 13.8 Å². The summed E-state index contributed by atoms with van der Waals surface area (Å²) in [5.74, 6) is -1.56. The highest BCUT2D eigenvalue weighted by Crippen LogP contribution is 2.15. The molecule has 11 nitrogen and oxygen atoms in total. The van der Waals surface area contributed by atoms with Gasteiger partial charge in [0.25, 0.3) is 10.1 Å². The minimum atomic E-state index is -4.38. The fourth-order valence-corrected chi connectivity index (χ4v) is 3.32. The van der Waals surface area contributed by atoms with E-state index in [9.17, 15) is 27.9 Å². The summed E-state index contributed by atoms with van der Waals surface area (Å²) >= 11 is 0. The lowest BCUT2D eigenvalue weighted by Crippen LogP contribution is -2.50. The summed E-state index contributed by atoms with van der Waals surface area (Å²) in [6, 6.07) is 10.9. The number of nitrogens with zero attached hydrogens (tertiary/aromatic N) is 2. The highest BCUT2D eigenvalue weighted by Gasteiger charge is 2.15. The minimum absolute atomic E-state index is 0.233. The minimum Gasteiger partial charge on any atom is -0.478 e. The SMILES string of the molecule is Cc1ccc(NN=c2c(=O)c(C(=O)O)cc(=NNc3ccc(S(=O)(=O)O)cc3)c2=O)c(C)c1. The van der Waals surface area contributed by atoms with Gasteiger partial charge < -0.3 is 5.11 Å². The number of aromatic carboxylic acids is 1. The second kappa shape index (κ2) is 9.14. The second-order valence-electron chi connectivity index (χ2n) is 7.02. The molecule has 4 N–H and O–H groups in total. The summed E-state index contributed by atoms with van der Waals surface area (Å²) in [5.41, 5.74) is 4.96. The molecule has 33 heavy (non-hydrogen) atoms. The summed E-state index contributed by atoms with van der Waals surface area (Å²) < 4.78 is 31.2. The summed E-state index contributed by atoms with van der Waals surface area (Å²) in [5, 5.41) is 16.0. The number of hydrogen-bond donors (Lipinski definition) is 4. The van der Waals surface area contributed by atoms with Gasteiger partial charge in [-0.25, -0.2) is 4.79 Å². The summed E-state index contributed by atoms with van der Waals surface area (Å²) in [7, 11) is -4.38. The zero-order valence-electron chi connectivity index (χ0n) is 17.4. The van der Waals surface area contributed by atoms with E-state index in [1.54, 1.807) is 19.1 Å². The normalized spacial score (nSPS) is 12.6. The Hall–Kier alpha value is -4.16. The summed E-state index contributed by atoms with van der Waals surface area (Å²) in [6.45, 7) is 3.69. The molecule has 0 saturated carbocycles. The first-order valence-corrected chi connectivity index (χ1v) is 10.8. The first kappa shape index (κ1) is 23.5. The lowest BCUT2D eigenvalue weighted by atomic mass is 10.1. The number of rotatable bonds is 6. The standard InChI is InChI=1S/C21H18N4O7S/c1-11-3-8-16(12(2)9-11)23-25-18-19(26)15(21(28)29)10-17(20(18)27)24-22-13-4-6-14(7-5-13)33(30,31)32/h3-10,22-23H,1-2H3,(H,28,29)(H,30,31,32). The topological polar surface area (TPSA) is 175 Å². The average Bonchev–Trinajstić information content (AvgIpc) is 2.73. The van der Waals surface area contributed by atoms with Crippen molar-refractivity contribution in [3.8, 4) is 0 Å². The first-order chi connectivity index (χ1) is 15.5. The van der Waals surface area contributed by atoms with Crippen LogP contribution in [0.5, 0.6) is 0 Å². The van der Waals surface area contributed by atoms with Gasteiger partial charge in [0.1, 0.15) is 10.9 Å². The Morgan fingerprint density at radius 1 is 0.909 bits per heavy atom. The molecule has 0 bridgehead atoms. The number of anilines is 2. The molecule has 0 amide bonds. The molecule has 0 aromatic heterocycles. The highest BCUT2D eigenvalue weighted by atomic mass is 32.2. The molecule has 0 fully saturated rings. The molecule has 3 aromatic rings. The molecule has 3 aromatic carbocycles. The van der Waals surface area contributed by atoms with Crippen molar-refractivity contribution in [2.24, 2.45) is 10.2 Å². The molecule has 0 aliphatic carbocycles. The van der Waals surface area contributed by atoms with Crippen molar-refractivity contribution in [3.05, 3.63) is 96.4 Å². The van der Waals surface area contributed by atoms with Crippen LogP contribution in [0.1, 0.15) is 21.5 Å². The molecule has 0 heterocycles. The van der Waals surface area contributed by atoms with Gasteiger partial charge in [0, 0.05) is 0 Å². The Morgan fingerprint density at radius 3 is 2.15 bits per heavy atom. The largest absolute Gasteiger partial charge is 0.478 e. The fraction of sp³-hybridized carbons (Fsp3) is 0.0952. The number of carboxylic acids is 1. The predicted octanol–water partition coefficient (Wildman–Crippen LogP) is 0.700. The molecule has 0 atom stereocenters. The number of aryl methyl sites for hydroxylation is 2. The molecule has 0 saturated heterocycles. The van der Waals surface area contributed by atoms with Gasteiger partial charge in [0.15, 0.2) is 5.36 Å². The van der Waals surface area contributed by atoms with Crippen molar-refractivity contribution in [2.45, 2.75) is 18.7 Å². The number of nitrogens with one attached hydrogen (secondary N) is 2. The van der Waals surface area contributed by atoms with E-state index in [2.05, 4.69) is 21.1 Å². The van der Waals surface area contributed by atoms with E-state index in [0.29, 0.717) is 5.69 Å². The molecule has 0 radical (unpaired) electrons. The maximum atomic E-state index is 12.8. The zero-order chi connectivity index (χ0) is 24.3. The predicted molar refractivity (Wildman–Crippen MR) is 119 cm³/mol. The molecule has 3 rings (SSSR count). The van der Waals surface area contributed by atoms with Gasteiger partial charge in [-0.2, -0.15) is 18.6 Å². The van der Waals surface area contributed by atoms with E-state index in [-0.39, 0.29) is 10.6 Å². The fourth-order valence-electron chi connectivity index (χ4n) is 2.84. The van der Waals surface area contributed by atoms with Gasteiger partial charge in [-0.15, -0.1) is 0 Å². The van der Waals surface area contributed by atoms with Crippen LogP contribution in [0.4, 0.5) is 11.4 Å².